The third-order valence-corrected chi connectivity index (χ3v) is 6.29. The van der Waals surface area contributed by atoms with E-state index < -0.39 is 10.0 Å². The van der Waals surface area contributed by atoms with Gasteiger partial charge in [-0.15, -0.1) is 0 Å². The molecule has 0 atom stereocenters. The van der Waals surface area contributed by atoms with Gasteiger partial charge in [-0.1, -0.05) is 17.7 Å². The van der Waals surface area contributed by atoms with Crippen LogP contribution < -0.4 is 9.46 Å². The molecular weight excluding hydrogens is 404 g/mol. The number of sulfonamides is 1. The highest BCUT2D eigenvalue weighted by atomic mass is 35.5. The minimum Gasteiger partial charge on any atom is -0.496 e. The summed E-state index contributed by atoms with van der Waals surface area (Å²) in [4.78, 5) is 14.5. The van der Waals surface area contributed by atoms with E-state index in [0.717, 1.165) is 0 Å². The van der Waals surface area contributed by atoms with E-state index in [9.17, 15) is 13.2 Å². The second-order valence-electron chi connectivity index (χ2n) is 6.28. The van der Waals surface area contributed by atoms with Crippen molar-refractivity contribution >= 4 is 33.2 Å². The molecule has 7 nitrogen and oxygen atoms in total. The molecule has 2 aromatic carbocycles. The van der Waals surface area contributed by atoms with E-state index in [0.29, 0.717) is 48.3 Å². The van der Waals surface area contributed by atoms with Gasteiger partial charge in [0.1, 0.15) is 5.75 Å². The van der Waals surface area contributed by atoms with E-state index in [-0.39, 0.29) is 16.4 Å². The lowest BCUT2D eigenvalue weighted by Gasteiger charge is -2.27. The number of nitrogens with one attached hydrogen (secondary N) is 1. The fourth-order valence-corrected chi connectivity index (χ4v) is 4.20. The van der Waals surface area contributed by atoms with Crippen molar-refractivity contribution in [2.24, 2.45) is 0 Å². The standard InChI is InChI=1S/C19H21ClN2O5S/c1-13-16(20)4-3-5-17(13)21-28(24,25)14-6-7-18(26-2)15(12-14)19(23)22-8-10-27-11-9-22/h3-7,12,21H,8-11H2,1-2H3. The van der Waals surface area contributed by atoms with Crippen LogP contribution in [0.5, 0.6) is 5.75 Å². The van der Waals surface area contributed by atoms with Crippen molar-refractivity contribution < 1.29 is 22.7 Å². The molecule has 1 amide bonds. The van der Waals surface area contributed by atoms with Crippen LogP contribution in [-0.4, -0.2) is 52.6 Å². The molecule has 9 heteroatoms. The summed E-state index contributed by atoms with van der Waals surface area (Å²) in [5.74, 6) is 0.0190. The second-order valence-corrected chi connectivity index (χ2v) is 8.37. The molecule has 0 aliphatic carbocycles. The summed E-state index contributed by atoms with van der Waals surface area (Å²) in [7, 11) is -2.49. The fraction of sp³-hybridized carbons (Fsp3) is 0.316. The first-order valence-corrected chi connectivity index (χ1v) is 10.5. The predicted molar refractivity (Wildman–Crippen MR) is 107 cm³/mol. The molecule has 1 saturated heterocycles. The van der Waals surface area contributed by atoms with Gasteiger partial charge < -0.3 is 14.4 Å². The largest absolute Gasteiger partial charge is 0.496 e. The third kappa shape index (κ3) is 4.24. The summed E-state index contributed by atoms with van der Waals surface area (Å²) in [5.41, 5.74) is 1.19. The van der Waals surface area contributed by atoms with Crippen molar-refractivity contribution in [1.29, 1.82) is 0 Å². The zero-order chi connectivity index (χ0) is 20.3. The van der Waals surface area contributed by atoms with Crippen molar-refractivity contribution in [2.45, 2.75) is 11.8 Å². The number of methoxy groups -OCH3 is 1. The quantitative estimate of drug-likeness (QED) is 0.797. The van der Waals surface area contributed by atoms with Crippen molar-refractivity contribution in [3.05, 3.63) is 52.5 Å². The first-order valence-electron chi connectivity index (χ1n) is 8.66. The summed E-state index contributed by atoms with van der Waals surface area (Å²) in [5, 5.41) is 0.457. The highest BCUT2D eigenvalue weighted by Gasteiger charge is 2.25. The van der Waals surface area contributed by atoms with Crippen LogP contribution in [0.15, 0.2) is 41.3 Å². The Morgan fingerprint density at radius 2 is 1.93 bits per heavy atom. The molecule has 1 fully saturated rings. The minimum absolute atomic E-state index is 0.0377. The Hall–Kier alpha value is -2.29. The van der Waals surface area contributed by atoms with Crippen molar-refractivity contribution in [3.8, 4) is 5.75 Å². The van der Waals surface area contributed by atoms with Crippen LogP contribution in [0.3, 0.4) is 0 Å². The number of halogens is 1. The van der Waals surface area contributed by atoms with Gasteiger partial charge in [-0.3, -0.25) is 9.52 Å². The molecule has 1 N–H and O–H groups in total. The number of hydrogen-bond donors (Lipinski definition) is 1. The first kappa shape index (κ1) is 20.4. The predicted octanol–water partition coefficient (Wildman–Crippen LogP) is 2.93. The van der Waals surface area contributed by atoms with Crippen LogP contribution in [0.4, 0.5) is 5.69 Å². The summed E-state index contributed by atoms with van der Waals surface area (Å²) in [6.07, 6.45) is 0. The number of amides is 1. The molecule has 0 saturated carbocycles. The van der Waals surface area contributed by atoms with Gasteiger partial charge in [0, 0.05) is 18.1 Å². The minimum atomic E-state index is -3.92. The number of carbonyl (C=O) groups is 1. The van der Waals surface area contributed by atoms with Gasteiger partial charge in [0.15, 0.2) is 0 Å². The van der Waals surface area contributed by atoms with Gasteiger partial charge in [-0.05, 0) is 42.8 Å². The van der Waals surface area contributed by atoms with Gasteiger partial charge in [0.25, 0.3) is 15.9 Å². The number of morpholine rings is 1. The van der Waals surface area contributed by atoms with Crippen LogP contribution in [0.1, 0.15) is 15.9 Å². The molecule has 2 aromatic rings. The van der Waals surface area contributed by atoms with Gasteiger partial charge in [0.2, 0.25) is 0 Å². The van der Waals surface area contributed by atoms with Crippen molar-refractivity contribution in [1.82, 2.24) is 4.90 Å². The Bertz CT molecular complexity index is 988. The lowest BCUT2D eigenvalue weighted by atomic mass is 10.1. The SMILES string of the molecule is COc1ccc(S(=O)(=O)Nc2cccc(Cl)c2C)cc1C(=O)N1CCOCC1. The van der Waals surface area contributed by atoms with Crippen LogP contribution in [0, 0.1) is 6.92 Å². The molecule has 1 aliphatic rings. The number of ether oxygens (including phenoxy) is 2. The van der Waals surface area contributed by atoms with E-state index >= 15 is 0 Å². The Balaban J connectivity index is 1.95. The van der Waals surface area contributed by atoms with Crippen LogP contribution in [0.2, 0.25) is 5.02 Å². The highest BCUT2D eigenvalue weighted by Crippen LogP contribution is 2.28. The Kier molecular flexibility index (Phi) is 6.12. The molecule has 0 aromatic heterocycles. The zero-order valence-electron chi connectivity index (χ0n) is 15.6. The Morgan fingerprint density at radius 1 is 1.21 bits per heavy atom. The number of carbonyl (C=O) groups excluding carboxylic acids is 1. The Labute approximate surface area is 169 Å². The van der Waals surface area contributed by atoms with Crippen LogP contribution >= 0.6 is 11.6 Å². The molecule has 150 valence electrons. The number of rotatable bonds is 5. The average molecular weight is 425 g/mol. The van der Waals surface area contributed by atoms with E-state index in [2.05, 4.69) is 4.72 Å². The van der Waals surface area contributed by atoms with Gasteiger partial charge >= 0.3 is 0 Å². The topological polar surface area (TPSA) is 84.9 Å². The lowest BCUT2D eigenvalue weighted by Crippen LogP contribution is -2.40. The maximum atomic E-state index is 12.9. The molecule has 1 heterocycles. The third-order valence-electron chi connectivity index (χ3n) is 4.52. The monoisotopic (exact) mass is 424 g/mol. The number of hydrogen-bond acceptors (Lipinski definition) is 5. The number of anilines is 1. The average Bonchev–Trinajstić information content (AvgIpc) is 2.71. The molecule has 0 unspecified atom stereocenters. The molecule has 28 heavy (non-hydrogen) atoms. The normalized spacial score (nSPS) is 14.6. The molecule has 3 rings (SSSR count). The van der Waals surface area contributed by atoms with Crippen molar-refractivity contribution in [3.63, 3.8) is 0 Å². The van der Waals surface area contributed by atoms with Gasteiger partial charge in [0.05, 0.1) is 36.5 Å². The van der Waals surface area contributed by atoms with Crippen LogP contribution in [0.25, 0.3) is 0 Å². The summed E-state index contributed by atoms with van der Waals surface area (Å²) < 4.78 is 38.8. The van der Waals surface area contributed by atoms with E-state index in [1.807, 2.05) is 0 Å². The molecule has 0 radical (unpaired) electrons. The number of benzene rings is 2. The second kappa shape index (κ2) is 8.38. The maximum absolute atomic E-state index is 12.9. The summed E-state index contributed by atoms with van der Waals surface area (Å²) in [6, 6.07) is 9.18. The number of nitrogens with zero attached hydrogens (tertiary/aromatic N) is 1. The fourth-order valence-electron chi connectivity index (χ4n) is 2.88. The van der Waals surface area contributed by atoms with Gasteiger partial charge in [-0.25, -0.2) is 8.42 Å². The van der Waals surface area contributed by atoms with E-state index in [1.165, 1.54) is 25.3 Å². The lowest BCUT2D eigenvalue weighted by molar-refractivity contribution is 0.0300. The highest BCUT2D eigenvalue weighted by molar-refractivity contribution is 7.92. The molecule has 0 spiro atoms. The van der Waals surface area contributed by atoms with Crippen LogP contribution in [-0.2, 0) is 14.8 Å². The Morgan fingerprint density at radius 3 is 2.61 bits per heavy atom. The van der Waals surface area contributed by atoms with Crippen molar-refractivity contribution in [2.75, 3.05) is 38.1 Å². The zero-order valence-corrected chi connectivity index (χ0v) is 17.1. The summed E-state index contributed by atoms with van der Waals surface area (Å²) in [6.45, 7) is 3.50. The van der Waals surface area contributed by atoms with Gasteiger partial charge in [-0.2, -0.15) is 0 Å². The van der Waals surface area contributed by atoms with E-state index in [4.69, 9.17) is 21.1 Å². The first-order chi connectivity index (χ1) is 13.3. The summed E-state index contributed by atoms with van der Waals surface area (Å²) >= 11 is 6.07. The maximum Gasteiger partial charge on any atom is 0.261 e. The molecular formula is C19H21ClN2O5S. The molecule has 1 aliphatic heterocycles. The van der Waals surface area contributed by atoms with E-state index in [1.54, 1.807) is 30.0 Å². The molecule has 0 bridgehead atoms. The smallest absolute Gasteiger partial charge is 0.261 e.